The van der Waals surface area contributed by atoms with Gasteiger partial charge in [0, 0.05) is 11.4 Å². The molecule has 4 nitrogen and oxygen atoms in total. The Labute approximate surface area is 172 Å². The summed E-state index contributed by atoms with van der Waals surface area (Å²) in [6.45, 7) is 0. The first-order chi connectivity index (χ1) is 14.5. The van der Waals surface area contributed by atoms with Crippen molar-refractivity contribution >= 4 is 17.4 Å². The Morgan fingerprint density at radius 1 is 0.645 bits per heavy atom. The molecule has 3 rings (SSSR count). The van der Waals surface area contributed by atoms with E-state index in [0.29, 0.717) is 11.4 Å². The van der Waals surface area contributed by atoms with E-state index < -0.39 is 29.5 Å². The average molecular weight is 440 g/mol. The van der Waals surface area contributed by atoms with Gasteiger partial charge >= 0.3 is 18.4 Å². The third-order valence-electron chi connectivity index (χ3n) is 3.98. The lowest BCUT2D eigenvalue weighted by molar-refractivity contribution is -0.138. The summed E-state index contributed by atoms with van der Waals surface area (Å²) in [5.74, 6) is 0.500. The predicted octanol–water partition coefficient (Wildman–Crippen LogP) is 7.16. The van der Waals surface area contributed by atoms with E-state index in [0.717, 1.165) is 24.3 Å². The molecular weight excluding hydrogens is 426 g/mol. The third-order valence-corrected chi connectivity index (χ3v) is 3.98. The van der Waals surface area contributed by atoms with E-state index in [1.165, 1.54) is 48.5 Å². The first-order valence-corrected chi connectivity index (χ1v) is 8.71. The van der Waals surface area contributed by atoms with Crippen molar-refractivity contribution in [3.8, 4) is 11.5 Å². The lowest BCUT2D eigenvalue weighted by Crippen LogP contribution is -2.19. The molecular formula is C21H14F6N2O2. The van der Waals surface area contributed by atoms with Gasteiger partial charge in [-0.2, -0.15) is 26.3 Å². The SMILES string of the molecule is O=C(Nc1ccc(Oc2ccc(C(F)(F)F)cc2)cc1)Nc1cccc(C(F)(F)F)c1. The molecule has 0 aromatic heterocycles. The molecule has 2 N–H and O–H groups in total. The molecule has 0 fully saturated rings. The standard InChI is InChI=1S/C21H14F6N2O2/c22-20(23,24)13-4-8-17(9-5-13)31-18-10-6-15(7-11-18)28-19(30)29-16-3-1-2-14(12-16)21(25,26)27/h1-12H,(H2,28,29,30). The van der Waals surface area contributed by atoms with Crippen molar-refractivity contribution in [3.63, 3.8) is 0 Å². The van der Waals surface area contributed by atoms with Gasteiger partial charge in [0.15, 0.2) is 0 Å². The summed E-state index contributed by atoms with van der Waals surface area (Å²) < 4.78 is 81.4. The molecule has 0 aliphatic carbocycles. The molecule has 0 unspecified atom stereocenters. The Balaban J connectivity index is 1.58. The summed E-state index contributed by atoms with van der Waals surface area (Å²) in [6, 6.07) is 13.4. The molecule has 0 saturated heterocycles. The molecule has 10 heteroatoms. The van der Waals surface area contributed by atoms with Crippen LogP contribution in [-0.2, 0) is 12.4 Å². The fraction of sp³-hybridized carbons (Fsp3) is 0.0952. The average Bonchev–Trinajstić information content (AvgIpc) is 2.69. The van der Waals surface area contributed by atoms with Crippen LogP contribution in [0.15, 0.2) is 72.8 Å². The maximum Gasteiger partial charge on any atom is 0.416 e. The summed E-state index contributed by atoms with van der Waals surface area (Å²) in [5.41, 5.74) is -1.40. The van der Waals surface area contributed by atoms with Crippen LogP contribution in [0.2, 0.25) is 0 Å². The zero-order valence-corrected chi connectivity index (χ0v) is 15.5. The van der Waals surface area contributed by atoms with Crippen molar-refractivity contribution in [2.24, 2.45) is 0 Å². The smallest absolute Gasteiger partial charge is 0.416 e. The van der Waals surface area contributed by atoms with Crippen molar-refractivity contribution in [1.29, 1.82) is 0 Å². The van der Waals surface area contributed by atoms with Crippen molar-refractivity contribution in [2.45, 2.75) is 12.4 Å². The number of benzene rings is 3. The van der Waals surface area contributed by atoms with Gasteiger partial charge in [0.1, 0.15) is 11.5 Å². The Hall–Kier alpha value is -3.69. The predicted molar refractivity (Wildman–Crippen MR) is 102 cm³/mol. The zero-order chi connectivity index (χ0) is 22.6. The number of urea groups is 1. The number of carbonyl (C=O) groups is 1. The molecule has 0 aliphatic heterocycles. The summed E-state index contributed by atoms with van der Waals surface area (Å²) in [6.07, 6.45) is -8.97. The molecule has 0 saturated carbocycles. The second-order valence-electron chi connectivity index (χ2n) is 6.31. The molecule has 0 bridgehead atoms. The van der Waals surface area contributed by atoms with E-state index in [4.69, 9.17) is 4.74 Å². The monoisotopic (exact) mass is 440 g/mol. The van der Waals surface area contributed by atoms with Crippen LogP contribution in [0.25, 0.3) is 0 Å². The van der Waals surface area contributed by atoms with E-state index in [1.807, 2.05) is 0 Å². The van der Waals surface area contributed by atoms with E-state index in [2.05, 4.69) is 10.6 Å². The minimum absolute atomic E-state index is 0.0328. The van der Waals surface area contributed by atoms with Crippen molar-refractivity contribution in [2.75, 3.05) is 10.6 Å². The molecule has 0 radical (unpaired) electrons. The molecule has 0 heterocycles. The Kier molecular flexibility index (Phi) is 6.09. The highest BCUT2D eigenvalue weighted by Crippen LogP contribution is 2.32. The highest BCUT2D eigenvalue weighted by atomic mass is 19.4. The zero-order valence-electron chi connectivity index (χ0n) is 15.5. The van der Waals surface area contributed by atoms with Crippen LogP contribution in [0.1, 0.15) is 11.1 Å². The van der Waals surface area contributed by atoms with Gasteiger partial charge in [0.25, 0.3) is 0 Å². The maximum atomic E-state index is 12.7. The van der Waals surface area contributed by atoms with E-state index in [-0.39, 0.29) is 11.4 Å². The number of nitrogens with one attached hydrogen (secondary N) is 2. The number of anilines is 2. The van der Waals surface area contributed by atoms with Crippen LogP contribution in [0.5, 0.6) is 11.5 Å². The van der Waals surface area contributed by atoms with Gasteiger partial charge < -0.3 is 15.4 Å². The van der Waals surface area contributed by atoms with Gasteiger partial charge in [-0.25, -0.2) is 4.79 Å². The molecule has 3 aromatic rings. The van der Waals surface area contributed by atoms with E-state index in [9.17, 15) is 31.1 Å². The minimum atomic E-state index is -4.53. The Bertz CT molecular complexity index is 1050. The number of ether oxygens (including phenoxy) is 1. The molecule has 0 atom stereocenters. The molecule has 0 aliphatic rings. The fourth-order valence-corrected chi connectivity index (χ4v) is 2.52. The maximum absolute atomic E-state index is 12.7. The highest BCUT2D eigenvalue weighted by Gasteiger charge is 2.31. The van der Waals surface area contributed by atoms with Crippen LogP contribution in [0.4, 0.5) is 42.5 Å². The number of rotatable bonds is 4. The Morgan fingerprint density at radius 3 is 1.71 bits per heavy atom. The second kappa shape index (κ2) is 8.58. The lowest BCUT2D eigenvalue weighted by Gasteiger charge is -2.11. The van der Waals surface area contributed by atoms with Crippen molar-refractivity contribution in [1.82, 2.24) is 0 Å². The first kappa shape index (κ1) is 22.0. The van der Waals surface area contributed by atoms with Crippen molar-refractivity contribution < 1.29 is 35.9 Å². The molecule has 2 amide bonds. The molecule has 3 aromatic carbocycles. The first-order valence-electron chi connectivity index (χ1n) is 8.71. The number of amides is 2. The van der Waals surface area contributed by atoms with Crippen LogP contribution in [0.3, 0.4) is 0 Å². The van der Waals surface area contributed by atoms with Crippen LogP contribution >= 0.6 is 0 Å². The van der Waals surface area contributed by atoms with E-state index >= 15 is 0 Å². The van der Waals surface area contributed by atoms with Gasteiger partial charge in [0.2, 0.25) is 0 Å². The van der Waals surface area contributed by atoms with Crippen molar-refractivity contribution in [3.05, 3.63) is 83.9 Å². The number of hydrogen-bond acceptors (Lipinski definition) is 2. The fourth-order valence-electron chi connectivity index (χ4n) is 2.52. The van der Waals surface area contributed by atoms with Gasteiger partial charge in [-0.3, -0.25) is 0 Å². The third kappa shape index (κ3) is 6.14. The number of alkyl halides is 6. The van der Waals surface area contributed by atoms with Gasteiger partial charge in [-0.05, 0) is 66.7 Å². The van der Waals surface area contributed by atoms with Crippen LogP contribution in [-0.4, -0.2) is 6.03 Å². The normalized spacial score (nSPS) is 11.7. The van der Waals surface area contributed by atoms with Crippen LogP contribution < -0.4 is 15.4 Å². The summed E-state index contributed by atoms with van der Waals surface area (Å²) in [4.78, 5) is 12.0. The highest BCUT2D eigenvalue weighted by molar-refractivity contribution is 5.99. The second-order valence-corrected chi connectivity index (χ2v) is 6.31. The van der Waals surface area contributed by atoms with E-state index in [1.54, 1.807) is 0 Å². The number of hydrogen-bond donors (Lipinski definition) is 2. The topological polar surface area (TPSA) is 50.4 Å². The number of halogens is 6. The van der Waals surface area contributed by atoms with Gasteiger partial charge in [-0.1, -0.05) is 6.07 Å². The largest absolute Gasteiger partial charge is 0.457 e. The molecule has 162 valence electrons. The molecule has 31 heavy (non-hydrogen) atoms. The van der Waals surface area contributed by atoms with Gasteiger partial charge in [-0.15, -0.1) is 0 Å². The number of carbonyl (C=O) groups excluding carboxylic acids is 1. The van der Waals surface area contributed by atoms with Crippen LogP contribution in [0, 0.1) is 0 Å². The lowest BCUT2D eigenvalue weighted by atomic mass is 10.2. The summed E-state index contributed by atoms with van der Waals surface area (Å²) in [7, 11) is 0. The van der Waals surface area contributed by atoms with Gasteiger partial charge in [0.05, 0.1) is 11.1 Å². The molecule has 0 spiro atoms. The quantitative estimate of drug-likeness (QED) is 0.423. The summed E-state index contributed by atoms with van der Waals surface area (Å²) >= 11 is 0. The minimum Gasteiger partial charge on any atom is -0.457 e. The Morgan fingerprint density at radius 2 is 1.16 bits per heavy atom. The summed E-state index contributed by atoms with van der Waals surface area (Å²) in [5, 5.41) is 4.75.